The van der Waals surface area contributed by atoms with E-state index in [0.29, 0.717) is 6.04 Å². The highest BCUT2D eigenvalue weighted by Gasteiger charge is 2.38. The monoisotopic (exact) mass is 292 g/mol. The molecular weight excluding hydrogens is 264 g/mol. The zero-order valence-corrected chi connectivity index (χ0v) is 13.7. The molecule has 0 aromatic carbocycles. The molecule has 0 bridgehead atoms. The molecule has 3 atom stereocenters. The van der Waals surface area contributed by atoms with Gasteiger partial charge in [-0.25, -0.2) is 0 Å². The van der Waals surface area contributed by atoms with Crippen LogP contribution in [0.5, 0.6) is 0 Å². The van der Waals surface area contributed by atoms with E-state index in [1.807, 2.05) is 11.3 Å². The van der Waals surface area contributed by atoms with Gasteiger partial charge in [-0.05, 0) is 43.7 Å². The summed E-state index contributed by atoms with van der Waals surface area (Å²) in [4.78, 5) is 7.18. The fourth-order valence-corrected chi connectivity index (χ4v) is 4.96. The molecule has 2 aliphatic rings. The molecule has 0 saturated carbocycles. The van der Waals surface area contributed by atoms with Crippen molar-refractivity contribution in [2.45, 2.75) is 64.1 Å². The van der Waals surface area contributed by atoms with Gasteiger partial charge in [0.15, 0.2) is 0 Å². The average molecular weight is 292 g/mol. The third-order valence-electron chi connectivity index (χ3n) is 5.14. The van der Waals surface area contributed by atoms with Gasteiger partial charge >= 0.3 is 0 Å². The van der Waals surface area contributed by atoms with Crippen molar-refractivity contribution in [2.24, 2.45) is 0 Å². The van der Waals surface area contributed by atoms with Gasteiger partial charge in [0.05, 0.1) is 0 Å². The Morgan fingerprint density at radius 1 is 1.35 bits per heavy atom. The Labute approximate surface area is 127 Å². The SMILES string of the molecule is CCCC(c1cccs1)N1CC2CCCN2CC1CC. The molecule has 20 heavy (non-hydrogen) atoms. The van der Waals surface area contributed by atoms with Crippen LogP contribution >= 0.6 is 11.3 Å². The predicted molar refractivity (Wildman–Crippen MR) is 87.3 cm³/mol. The highest BCUT2D eigenvalue weighted by molar-refractivity contribution is 7.10. The molecule has 0 spiro atoms. The standard InChI is InChI=1S/C17H28N2S/c1-3-7-16(17-9-6-11-20-17)19-13-15-8-5-10-18(15)12-14(19)4-2/h6,9,11,14-16H,3-5,7-8,10,12-13H2,1-2H3. The Morgan fingerprint density at radius 2 is 2.25 bits per heavy atom. The van der Waals surface area contributed by atoms with E-state index in [1.54, 1.807) is 4.88 Å². The molecule has 3 rings (SSSR count). The zero-order chi connectivity index (χ0) is 13.9. The van der Waals surface area contributed by atoms with Crippen molar-refractivity contribution in [2.75, 3.05) is 19.6 Å². The summed E-state index contributed by atoms with van der Waals surface area (Å²) in [5.41, 5.74) is 0. The Balaban J connectivity index is 1.80. The lowest BCUT2D eigenvalue weighted by Crippen LogP contribution is -2.56. The normalized spacial score (nSPS) is 29.5. The van der Waals surface area contributed by atoms with Crippen LogP contribution in [0, 0.1) is 0 Å². The largest absolute Gasteiger partial charge is 0.298 e. The Bertz CT molecular complexity index is 403. The van der Waals surface area contributed by atoms with Gasteiger partial charge in [0.1, 0.15) is 0 Å². The fraction of sp³-hybridized carbons (Fsp3) is 0.765. The third kappa shape index (κ3) is 2.81. The number of hydrogen-bond acceptors (Lipinski definition) is 3. The second-order valence-corrected chi connectivity index (χ2v) is 7.35. The Kier molecular flexibility index (Phi) is 4.79. The Morgan fingerprint density at radius 3 is 2.95 bits per heavy atom. The van der Waals surface area contributed by atoms with E-state index in [-0.39, 0.29) is 0 Å². The summed E-state index contributed by atoms with van der Waals surface area (Å²) in [6, 6.07) is 6.81. The minimum absolute atomic E-state index is 0.660. The molecule has 2 saturated heterocycles. The van der Waals surface area contributed by atoms with Crippen LogP contribution in [-0.4, -0.2) is 41.5 Å². The molecule has 3 heterocycles. The van der Waals surface area contributed by atoms with E-state index in [1.165, 1.54) is 51.7 Å². The maximum atomic E-state index is 2.85. The average Bonchev–Trinajstić information content (AvgIpc) is 3.14. The van der Waals surface area contributed by atoms with E-state index in [2.05, 4.69) is 41.2 Å². The summed E-state index contributed by atoms with van der Waals surface area (Å²) in [5.74, 6) is 0. The Hall–Kier alpha value is -0.380. The van der Waals surface area contributed by atoms with Crippen molar-refractivity contribution in [3.8, 4) is 0 Å². The van der Waals surface area contributed by atoms with Crippen molar-refractivity contribution in [1.29, 1.82) is 0 Å². The molecule has 1 aromatic rings. The molecule has 2 nitrogen and oxygen atoms in total. The number of hydrogen-bond donors (Lipinski definition) is 0. The number of rotatable bonds is 5. The van der Waals surface area contributed by atoms with Crippen LogP contribution in [0.15, 0.2) is 17.5 Å². The van der Waals surface area contributed by atoms with E-state index in [4.69, 9.17) is 0 Å². The van der Waals surface area contributed by atoms with Gasteiger partial charge in [-0.3, -0.25) is 9.80 Å². The highest BCUT2D eigenvalue weighted by Crippen LogP contribution is 2.36. The molecular formula is C17H28N2S. The second kappa shape index (κ2) is 6.59. The van der Waals surface area contributed by atoms with Crippen LogP contribution in [-0.2, 0) is 0 Å². The van der Waals surface area contributed by atoms with E-state index in [0.717, 1.165) is 12.1 Å². The molecule has 0 aliphatic carbocycles. The number of nitrogens with zero attached hydrogens (tertiary/aromatic N) is 2. The van der Waals surface area contributed by atoms with Crippen LogP contribution in [0.3, 0.4) is 0 Å². The summed E-state index contributed by atoms with van der Waals surface area (Å²) < 4.78 is 0. The van der Waals surface area contributed by atoms with Gasteiger partial charge in [-0.2, -0.15) is 0 Å². The minimum atomic E-state index is 0.660. The van der Waals surface area contributed by atoms with Gasteiger partial charge in [-0.15, -0.1) is 11.3 Å². The first-order valence-electron chi connectivity index (χ1n) is 8.36. The van der Waals surface area contributed by atoms with E-state index >= 15 is 0 Å². The van der Waals surface area contributed by atoms with Crippen molar-refractivity contribution < 1.29 is 0 Å². The highest BCUT2D eigenvalue weighted by atomic mass is 32.1. The quantitative estimate of drug-likeness (QED) is 0.804. The first-order chi connectivity index (χ1) is 9.83. The van der Waals surface area contributed by atoms with Gasteiger partial charge in [-0.1, -0.05) is 26.3 Å². The lowest BCUT2D eigenvalue weighted by molar-refractivity contribution is 0.0156. The van der Waals surface area contributed by atoms with Gasteiger partial charge < -0.3 is 0 Å². The van der Waals surface area contributed by atoms with Crippen molar-refractivity contribution >= 4 is 11.3 Å². The van der Waals surface area contributed by atoms with Crippen molar-refractivity contribution in [1.82, 2.24) is 9.80 Å². The lowest BCUT2D eigenvalue weighted by Gasteiger charge is -2.47. The third-order valence-corrected chi connectivity index (χ3v) is 6.11. The summed E-state index contributed by atoms with van der Waals surface area (Å²) >= 11 is 1.95. The molecule has 112 valence electrons. The van der Waals surface area contributed by atoms with Crippen molar-refractivity contribution in [3.05, 3.63) is 22.4 Å². The van der Waals surface area contributed by atoms with Crippen LogP contribution in [0.1, 0.15) is 56.9 Å². The first-order valence-corrected chi connectivity index (χ1v) is 9.24. The second-order valence-electron chi connectivity index (χ2n) is 6.37. The zero-order valence-electron chi connectivity index (χ0n) is 12.9. The van der Waals surface area contributed by atoms with Crippen LogP contribution in [0.25, 0.3) is 0 Å². The summed E-state index contributed by atoms with van der Waals surface area (Å²) in [6.45, 7) is 8.62. The smallest absolute Gasteiger partial charge is 0.0445 e. The molecule has 0 N–H and O–H groups in total. The van der Waals surface area contributed by atoms with Crippen LogP contribution in [0.2, 0.25) is 0 Å². The summed E-state index contributed by atoms with van der Waals surface area (Å²) in [7, 11) is 0. The van der Waals surface area contributed by atoms with Gasteiger partial charge in [0, 0.05) is 36.1 Å². The topological polar surface area (TPSA) is 6.48 Å². The van der Waals surface area contributed by atoms with Crippen LogP contribution in [0.4, 0.5) is 0 Å². The molecule has 1 aromatic heterocycles. The molecule has 2 fully saturated rings. The molecule has 0 radical (unpaired) electrons. The minimum Gasteiger partial charge on any atom is -0.298 e. The summed E-state index contributed by atoms with van der Waals surface area (Å²) in [6.07, 6.45) is 6.70. The van der Waals surface area contributed by atoms with Crippen LogP contribution < -0.4 is 0 Å². The molecule has 3 unspecified atom stereocenters. The number of thiophene rings is 1. The number of piperazine rings is 1. The molecule has 0 amide bonds. The lowest BCUT2D eigenvalue weighted by atomic mass is 9.99. The maximum Gasteiger partial charge on any atom is 0.0445 e. The summed E-state index contributed by atoms with van der Waals surface area (Å²) in [5, 5.41) is 2.24. The van der Waals surface area contributed by atoms with Gasteiger partial charge in [0.25, 0.3) is 0 Å². The predicted octanol–water partition coefficient (Wildman–Crippen LogP) is 4.15. The van der Waals surface area contributed by atoms with Crippen molar-refractivity contribution in [3.63, 3.8) is 0 Å². The number of fused-ring (bicyclic) bond motifs is 1. The van der Waals surface area contributed by atoms with E-state index in [9.17, 15) is 0 Å². The molecule has 3 heteroatoms. The van der Waals surface area contributed by atoms with Gasteiger partial charge in [0.2, 0.25) is 0 Å². The molecule has 2 aliphatic heterocycles. The first kappa shape index (κ1) is 14.6. The van der Waals surface area contributed by atoms with E-state index < -0.39 is 0 Å². The fourth-order valence-electron chi connectivity index (χ4n) is 4.08. The maximum absolute atomic E-state index is 2.85.